The summed E-state index contributed by atoms with van der Waals surface area (Å²) in [6, 6.07) is 0. The maximum Gasteiger partial charge on any atom is 0.673 e. The third kappa shape index (κ3) is 15.4. The summed E-state index contributed by atoms with van der Waals surface area (Å²) in [7, 11) is -3.91. The van der Waals surface area contributed by atoms with Gasteiger partial charge in [0.15, 0.2) is 0 Å². The van der Waals surface area contributed by atoms with Gasteiger partial charge in [-0.25, -0.2) is 9.59 Å². The summed E-state index contributed by atoms with van der Waals surface area (Å²) in [5.74, 6) is -0.0446. The van der Waals surface area contributed by atoms with Crippen molar-refractivity contribution in [2.24, 2.45) is 0 Å². The van der Waals surface area contributed by atoms with Gasteiger partial charge in [0.2, 0.25) is 0 Å². The van der Waals surface area contributed by atoms with Gasteiger partial charge in [-0.05, 0) is 17.0 Å². The lowest BCUT2D eigenvalue weighted by atomic mass is 10.2. The Hall–Kier alpha value is -1.27. The Kier molecular flexibility index (Phi) is 13.8. The van der Waals surface area contributed by atoms with Gasteiger partial charge >= 0.3 is 19.2 Å². The molecular formula is C11H19BF4O6S. The van der Waals surface area contributed by atoms with Crippen LogP contribution in [0.15, 0.2) is 11.6 Å². The van der Waals surface area contributed by atoms with E-state index < -0.39 is 19.2 Å². The van der Waals surface area contributed by atoms with Gasteiger partial charge in [0.1, 0.15) is 22.8 Å². The second-order valence-corrected chi connectivity index (χ2v) is 6.10. The lowest BCUT2D eigenvalue weighted by Crippen LogP contribution is -2.22. The SMILES string of the molecule is COC(=O)C(=CC[S+](CCO)CCO)C(=O)OC.F[B-](F)(F)F. The fourth-order valence-electron chi connectivity index (χ4n) is 1.20. The van der Waals surface area contributed by atoms with Gasteiger partial charge in [-0.2, -0.15) is 0 Å². The predicted molar refractivity (Wildman–Crippen MR) is 78.4 cm³/mol. The molecule has 0 rings (SSSR count). The number of carbonyl (C=O) groups is 2. The summed E-state index contributed by atoms with van der Waals surface area (Å²) in [6.45, 7) is 0.00542. The molecule has 0 aromatic carbocycles. The number of aliphatic hydroxyl groups is 2. The molecule has 0 heterocycles. The van der Waals surface area contributed by atoms with Crippen LogP contribution >= 0.6 is 0 Å². The third-order valence-electron chi connectivity index (χ3n) is 2.09. The van der Waals surface area contributed by atoms with Gasteiger partial charge < -0.3 is 36.9 Å². The monoisotopic (exact) mass is 366 g/mol. The topological polar surface area (TPSA) is 93.1 Å². The summed E-state index contributed by atoms with van der Waals surface area (Å²) in [6.07, 6.45) is 1.44. The van der Waals surface area contributed by atoms with Crippen molar-refractivity contribution in [3.05, 3.63) is 11.6 Å². The minimum absolute atomic E-state index is 0.00271. The highest BCUT2D eigenvalue weighted by molar-refractivity contribution is 7.97. The third-order valence-corrected chi connectivity index (χ3v) is 4.25. The van der Waals surface area contributed by atoms with Crippen LogP contribution in [-0.4, -0.2) is 74.1 Å². The predicted octanol–water partition coefficient (Wildman–Crippen LogP) is 0.162. The maximum absolute atomic E-state index is 11.4. The van der Waals surface area contributed by atoms with Crippen LogP contribution in [0.2, 0.25) is 0 Å². The molecule has 0 aliphatic heterocycles. The molecule has 0 bridgehead atoms. The van der Waals surface area contributed by atoms with E-state index in [0.717, 1.165) is 0 Å². The fourth-order valence-corrected chi connectivity index (χ4v) is 2.65. The molecule has 136 valence electrons. The first kappa shape index (κ1) is 24.0. The first-order chi connectivity index (χ1) is 10.6. The number of hydrogen-bond donors (Lipinski definition) is 2. The Bertz CT molecular complexity index is 361. The number of hydrogen-bond acceptors (Lipinski definition) is 6. The molecule has 0 saturated carbocycles. The number of ether oxygens (including phenoxy) is 2. The summed E-state index contributed by atoms with van der Waals surface area (Å²) < 4.78 is 48.0. The molecule has 0 atom stereocenters. The van der Waals surface area contributed by atoms with E-state index in [1.54, 1.807) is 0 Å². The number of methoxy groups -OCH3 is 2. The Morgan fingerprint density at radius 2 is 1.35 bits per heavy atom. The number of esters is 2. The molecule has 0 radical (unpaired) electrons. The lowest BCUT2D eigenvalue weighted by molar-refractivity contribution is -0.144. The van der Waals surface area contributed by atoms with E-state index in [4.69, 9.17) is 10.2 Å². The standard InChI is InChI=1S/C11H19O6S.BF4/c1-16-10(14)9(11(15)17-2)3-6-18(7-4-12)8-5-13;2-1(3,4)5/h3,12-13H,4-8H2,1-2H3;/q+1;-1. The van der Waals surface area contributed by atoms with Crippen molar-refractivity contribution in [2.75, 3.05) is 44.7 Å². The molecule has 0 unspecified atom stereocenters. The molecule has 0 aliphatic rings. The first-order valence-corrected chi connectivity index (χ1v) is 7.93. The quantitative estimate of drug-likeness (QED) is 0.121. The van der Waals surface area contributed by atoms with Crippen LogP contribution in [0.25, 0.3) is 0 Å². The van der Waals surface area contributed by atoms with Crippen LogP contribution in [0, 0.1) is 0 Å². The largest absolute Gasteiger partial charge is 0.673 e. The van der Waals surface area contributed by atoms with Crippen molar-refractivity contribution < 1.29 is 46.5 Å². The van der Waals surface area contributed by atoms with E-state index in [0.29, 0.717) is 17.3 Å². The van der Waals surface area contributed by atoms with E-state index in [1.807, 2.05) is 0 Å². The van der Waals surface area contributed by atoms with Gasteiger partial charge in [0.25, 0.3) is 0 Å². The number of aliphatic hydroxyl groups excluding tert-OH is 2. The molecule has 12 heteroatoms. The highest BCUT2D eigenvalue weighted by Crippen LogP contribution is 2.06. The number of rotatable bonds is 8. The van der Waals surface area contributed by atoms with Crippen LogP contribution < -0.4 is 0 Å². The molecule has 0 fully saturated rings. The van der Waals surface area contributed by atoms with Crippen molar-refractivity contribution in [1.29, 1.82) is 0 Å². The van der Waals surface area contributed by atoms with Gasteiger partial charge in [-0.15, -0.1) is 0 Å². The molecule has 0 aromatic rings. The zero-order valence-electron chi connectivity index (χ0n) is 12.6. The molecule has 2 N–H and O–H groups in total. The minimum atomic E-state index is -6.00. The Labute approximate surface area is 133 Å². The zero-order chi connectivity index (χ0) is 18.5. The van der Waals surface area contributed by atoms with Crippen LogP contribution in [0.5, 0.6) is 0 Å². The maximum atomic E-state index is 11.4. The normalized spacial score (nSPS) is 10.5. The Morgan fingerprint density at radius 3 is 1.61 bits per heavy atom. The van der Waals surface area contributed by atoms with Gasteiger partial charge in [0, 0.05) is 0 Å². The van der Waals surface area contributed by atoms with Crippen LogP contribution in [0.4, 0.5) is 17.3 Å². The zero-order valence-corrected chi connectivity index (χ0v) is 13.5. The van der Waals surface area contributed by atoms with Crippen molar-refractivity contribution >= 4 is 30.1 Å². The van der Waals surface area contributed by atoms with Gasteiger partial charge in [-0.1, -0.05) is 0 Å². The summed E-state index contributed by atoms with van der Waals surface area (Å²) in [5, 5.41) is 17.7. The molecule has 6 nitrogen and oxygen atoms in total. The van der Waals surface area contributed by atoms with Crippen molar-refractivity contribution in [3.8, 4) is 0 Å². The van der Waals surface area contributed by atoms with Crippen LogP contribution in [0.3, 0.4) is 0 Å². The van der Waals surface area contributed by atoms with E-state index in [1.165, 1.54) is 20.3 Å². The molecule has 0 aromatic heterocycles. The molecular weight excluding hydrogens is 347 g/mol. The molecule has 23 heavy (non-hydrogen) atoms. The van der Waals surface area contributed by atoms with Crippen molar-refractivity contribution in [3.63, 3.8) is 0 Å². The highest BCUT2D eigenvalue weighted by atomic mass is 32.2. The van der Waals surface area contributed by atoms with Gasteiger partial charge in [-0.3, -0.25) is 0 Å². The molecule has 0 aliphatic carbocycles. The summed E-state index contributed by atoms with van der Waals surface area (Å²) >= 11 is 0. The second kappa shape index (κ2) is 13.2. The van der Waals surface area contributed by atoms with Crippen LogP contribution in [-0.2, 0) is 30.0 Å². The van der Waals surface area contributed by atoms with Crippen molar-refractivity contribution in [1.82, 2.24) is 0 Å². The fraction of sp³-hybridized carbons (Fsp3) is 0.636. The first-order valence-electron chi connectivity index (χ1n) is 6.20. The molecule has 0 amide bonds. The van der Waals surface area contributed by atoms with E-state index in [-0.39, 0.29) is 29.7 Å². The molecule has 0 spiro atoms. The second-order valence-electron chi connectivity index (χ2n) is 3.73. The van der Waals surface area contributed by atoms with Crippen LogP contribution in [0.1, 0.15) is 0 Å². The minimum Gasteiger partial charge on any atom is -0.465 e. The average Bonchev–Trinajstić information content (AvgIpc) is 2.45. The number of halogens is 4. The summed E-state index contributed by atoms with van der Waals surface area (Å²) in [4.78, 5) is 22.7. The van der Waals surface area contributed by atoms with Gasteiger partial charge in [0.05, 0.1) is 27.4 Å². The Morgan fingerprint density at radius 1 is 1.00 bits per heavy atom. The van der Waals surface area contributed by atoms with E-state index in [9.17, 15) is 26.9 Å². The number of carbonyl (C=O) groups excluding carboxylic acids is 2. The molecule has 0 saturated heterocycles. The summed E-state index contributed by atoms with van der Waals surface area (Å²) in [5.41, 5.74) is -0.159. The van der Waals surface area contributed by atoms with E-state index >= 15 is 0 Å². The van der Waals surface area contributed by atoms with E-state index in [2.05, 4.69) is 9.47 Å². The average molecular weight is 366 g/mol. The van der Waals surface area contributed by atoms with Crippen molar-refractivity contribution in [2.45, 2.75) is 0 Å². The highest BCUT2D eigenvalue weighted by Gasteiger charge is 2.23. The lowest BCUT2D eigenvalue weighted by Gasteiger charge is -2.05. The smallest absolute Gasteiger partial charge is 0.465 e. The Balaban J connectivity index is 0.